The van der Waals surface area contributed by atoms with Crippen molar-refractivity contribution in [2.75, 3.05) is 50.7 Å². The summed E-state index contributed by atoms with van der Waals surface area (Å²) in [5.74, 6) is 1.83. The summed E-state index contributed by atoms with van der Waals surface area (Å²) in [6.07, 6.45) is 5.36. The molecule has 0 bridgehead atoms. The fourth-order valence-electron chi connectivity index (χ4n) is 4.55. The highest BCUT2D eigenvalue weighted by molar-refractivity contribution is 5.94. The fraction of sp³-hybridized carbons (Fsp3) is 0.667. The van der Waals surface area contributed by atoms with Gasteiger partial charge in [0, 0.05) is 64.5 Å². The van der Waals surface area contributed by atoms with Crippen molar-refractivity contribution in [3.63, 3.8) is 0 Å². The summed E-state index contributed by atoms with van der Waals surface area (Å²) < 4.78 is 0. The average Bonchev–Trinajstić information content (AvgIpc) is 3.13. The first kappa shape index (κ1) is 19.2. The molecule has 0 saturated carbocycles. The lowest BCUT2D eigenvalue weighted by Gasteiger charge is -2.34. The molecule has 7 heteroatoms. The Morgan fingerprint density at radius 2 is 2.04 bits per heavy atom. The second kappa shape index (κ2) is 8.47. The van der Waals surface area contributed by atoms with E-state index in [-0.39, 0.29) is 5.91 Å². The van der Waals surface area contributed by atoms with Gasteiger partial charge in [-0.05, 0) is 44.2 Å². The standard InChI is InChI=1S/C21H31N5O2/c1-16-14-25(12-8-22-16)19-5-4-18(13-23-19)21(28)24-10-6-17(7-11-24)15-26-9-2-3-20(26)27/h4-5,13,16-17,22H,2-3,6-12,14-15H2,1H3. The normalized spacial score (nSPS) is 24.1. The Morgan fingerprint density at radius 3 is 2.68 bits per heavy atom. The summed E-state index contributed by atoms with van der Waals surface area (Å²) in [4.78, 5) is 35.4. The highest BCUT2D eigenvalue weighted by Crippen LogP contribution is 2.23. The molecule has 1 N–H and O–H groups in total. The van der Waals surface area contributed by atoms with E-state index in [9.17, 15) is 9.59 Å². The Kier molecular flexibility index (Phi) is 5.80. The van der Waals surface area contributed by atoms with Crippen molar-refractivity contribution in [1.29, 1.82) is 0 Å². The molecule has 1 aromatic rings. The topological polar surface area (TPSA) is 68.8 Å². The SMILES string of the molecule is CC1CN(c2ccc(C(=O)N3CCC(CN4CCCC4=O)CC3)cn2)CCN1. The van der Waals surface area contributed by atoms with Gasteiger partial charge in [0.25, 0.3) is 5.91 Å². The van der Waals surface area contributed by atoms with E-state index in [1.165, 1.54) is 0 Å². The molecule has 0 radical (unpaired) electrons. The van der Waals surface area contributed by atoms with Crippen LogP contribution in [0, 0.1) is 5.92 Å². The van der Waals surface area contributed by atoms with Crippen molar-refractivity contribution in [3.8, 4) is 0 Å². The third kappa shape index (κ3) is 4.29. The number of piperidine rings is 1. The number of pyridine rings is 1. The highest BCUT2D eigenvalue weighted by Gasteiger charge is 2.28. The van der Waals surface area contributed by atoms with Crippen LogP contribution in [-0.2, 0) is 4.79 Å². The van der Waals surface area contributed by atoms with Gasteiger partial charge in [-0.2, -0.15) is 0 Å². The number of anilines is 1. The molecule has 0 aliphatic carbocycles. The number of nitrogens with zero attached hydrogens (tertiary/aromatic N) is 4. The van der Waals surface area contributed by atoms with Gasteiger partial charge in [0.1, 0.15) is 5.82 Å². The number of aromatic nitrogens is 1. The molecule has 3 fully saturated rings. The number of amides is 2. The number of nitrogens with one attached hydrogen (secondary N) is 1. The predicted octanol–water partition coefficient (Wildman–Crippen LogP) is 1.35. The van der Waals surface area contributed by atoms with Crippen molar-refractivity contribution in [1.82, 2.24) is 20.1 Å². The first-order valence-corrected chi connectivity index (χ1v) is 10.6. The van der Waals surface area contributed by atoms with Crippen LogP contribution < -0.4 is 10.2 Å². The van der Waals surface area contributed by atoms with Gasteiger partial charge in [0.15, 0.2) is 0 Å². The lowest BCUT2D eigenvalue weighted by molar-refractivity contribution is -0.128. The van der Waals surface area contributed by atoms with Gasteiger partial charge in [0.2, 0.25) is 5.91 Å². The van der Waals surface area contributed by atoms with Gasteiger partial charge in [-0.15, -0.1) is 0 Å². The van der Waals surface area contributed by atoms with E-state index in [0.717, 1.165) is 70.9 Å². The van der Waals surface area contributed by atoms with E-state index in [2.05, 4.69) is 22.1 Å². The summed E-state index contributed by atoms with van der Waals surface area (Å²) in [7, 11) is 0. The first-order chi connectivity index (χ1) is 13.6. The Bertz CT molecular complexity index is 699. The molecule has 7 nitrogen and oxygen atoms in total. The van der Waals surface area contributed by atoms with E-state index >= 15 is 0 Å². The number of carbonyl (C=O) groups excluding carboxylic acids is 2. The summed E-state index contributed by atoms with van der Waals surface area (Å²) in [5, 5.41) is 3.43. The van der Waals surface area contributed by atoms with Crippen LogP contribution in [0.25, 0.3) is 0 Å². The zero-order valence-corrected chi connectivity index (χ0v) is 16.8. The first-order valence-electron chi connectivity index (χ1n) is 10.6. The zero-order chi connectivity index (χ0) is 19.5. The highest BCUT2D eigenvalue weighted by atomic mass is 16.2. The van der Waals surface area contributed by atoms with Crippen LogP contribution in [0.5, 0.6) is 0 Å². The van der Waals surface area contributed by atoms with Gasteiger partial charge in [0.05, 0.1) is 5.56 Å². The summed E-state index contributed by atoms with van der Waals surface area (Å²) in [6.45, 7) is 8.31. The Balaban J connectivity index is 1.29. The third-order valence-electron chi connectivity index (χ3n) is 6.24. The number of likely N-dealkylation sites (tertiary alicyclic amines) is 2. The minimum Gasteiger partial charge on any atom is -0.354 e. The maximum Gasteiger partial charge on any atom is 0.255 e. The molecule has 0 spiro atoms. The number of piperazine rings is 1. The Hall–Kier alpha value is -2.15. The largest absolute Gasteiger partial charge is 0.354 e. The van der Waals surface area contributed by atoms with Gasteiger partial charge >= 0.3 is 0 Å². The van der Waals surface area contributed by atoms with Crippen LogP contribution in [0.1, 0.15) is 43.0 Å². The smallest absolute Gasteiger partial charge is 0.255 e. The number of hydrogen-bond acceptors (Lipinski definition) is 5. The van der Waals surface area contributed by atoms with E-state index in [1.807, 2.05) is 21.9 Å². The Labute approximate surface area is 167 Å². The Morgan fingerprint density at radius 1 is 1.21 bits per heavy atom. The van der Waals surface area contributed by atoms with E-state index in [1.54, 1.807) is 6.20 Å². The number of rotatable bonds is 4. The zero-order valence-electron chi connectivity index (χ0n) is 16.8. The van der Waals surface area contributed by atoms with Crippen molar-refractivity contribution in [3.05, 3.63) is 23.9 Å². The predicted molar refractivity (Wildman–Crippen MR) is 108 cm³/mol. The molecule has 1 atom stereocenters. The lowest BCUT2D eigenvalue weighted by atomic mass is 9.96. The van der Waals surface area contributed by atoms with E-state index in [4.69, 9.17) is 0 Å². The molecular formula is C21H31N5O2. The molecule has 0 aromatic carbocycles. The van der Waals surface area contributed by atoms with Crippen LogP contribution in [0.3, 0.4) is 0 Å². The minimum atomic E-state index is 0.0726. The van der Waals surface area contributed by atoms with Crippen molar-refractivity contribution >= 4 is 17.6 Å². The number of hydrogen-bond donors (Lipinski definition) is 1. The summed E-state index contributed by atoms with van der Waals surface area (Å²) >= 11 is 0. The molecule has 152 valence electrons. The summed E-state index contributed by atoms with van der Waals surface area (Å²) in [5.41, 5.74) is 0.667. The van der Waals surface area contributed by atoms with E-state index in [0.29, 0.717) is 29.9 Å². The quantitative estimate of drug-likeness (QED) is 0.848. The van der Waals surface area contributed by atoms with Gasteiger partial charge in [-0.25, -0.2) is 4.98 Å². The molecule has 1 aromatic heterocycles. The van der Waals surface area contributed by atoms with Gasteiger partial charge in [-0.1, -0.05) is 0 Å². The number of carbonyl (C=O) groups is 2. The second-order valence-corrected chi connectivity index (χ2v) is 8.39. The van der Waals surface area contributed by atoms with Gasteiger partial charge < -0.3 is 20.0 Å². The van der Waals surface area contributed by atoms with Crippen LogP contribution in [0.4, 0.5) is 5.82 Å². The van der Waals surface area contributed by atoms with Crippen molar-refractivity contribution in [2.24, 2.45) is 5.92 Å². The van der Waals surface area contributed by atoms with Crippen LogP contribution >= 0.6 is 0 Å². The van der Waals surface area contributed by atoms with Crippen LogP contribution in [-0.4, -0.2) is 78.5 Å². The molecule has 3 aliphatic heterocycles. The van der Waals surface area contributed by atoms with Crippen LogP contribution in [0.2, 0.25) is 0 Å². The monoisotopic (exact) mass is 385 g/mol. The molecule has 3 saturated heterocycles. The minimum absolute atomic E-state index is 0.0726. The summed E-state index contributed by atoms with van der Waals surface area (Å²) in [6, 6.07) is 4.33. The van der Waals surface area contributed by atoms with E-state index < -0.39 is 0 Å². The maximum absolute atomic E-state index is 12.8. The van der Waals surface area contributed by atoms with Gasteiger partial charge in [-0.3, -0.25) is 9.59 Å². The third-order valence-corrected chi connectivity index (χ3v) is 6.24. The van der Waals surface area contributed by atoms with Crippen LogP contribution in [0.15, 0.2) is 18.3 Å². The maximum atomic E-state index is 12.8. The second-order valence-electron chi connectivity index (χ2n) is 8.39. The molecule has 2 amide bonds. The molecule has 3 aliphatic rings. The lowest BCUT2D eigenvalue weighted by Crippen LogP contribution is -2.49. The fourth-order valence-corrected chi connectivity index (χ4v) is 4.55. The van der Waals surface area contributed by atoms with Crippen molar-refractivity contribution in [2.45, 2.75) is 38.6 Å². The molecule has 1 unspecified atom stereocenters. The molecule has 4 rings (SSSR count). The molecule has 4 heterocycles. The molecule has 28 heavy (non-hydrogen) atoms. The van der Waals surface area contributed by atoms with Crippen molar-refractivity contribution < 1.29 is 9.59 Å². The molecular weight excluding hydrogens is 354 g/mol. The average molecular weight is 386 g/mol.